The van der Waals surface area contributed by atoms with Gasteiger partial charge in [0, 0.05) is 16.0 Å². The monoisotopic (exact) mass is 291 g/mol. The van der Waals surface area contributed by atoms with Crippen molar-refractivity contribution in [2.45, 2.75) is 45.1 Å². The van der Waals surface area contributed by atoms with Gasteiger partial charge in [0.25, 0.3) is 5.89 Å². The van der Waals surface area contributed by atoms with E-state index >= 15 is 0 Å². The van der Waals surface area contributed by atoms with E-state index in [9.17, 15) is 0 Å². The molecule has 20 heavy (non-hydrogen) atoms. The topological polar surface area (TPSA) is 64.9 Å². The number of thioether (sulfide) groups is 1. The molecule has 0 amide bonds. The molecule has 0 saturated carbocycles. The normalized spacial score (nSPS) is 11.8. The molecule has 108 valence electrons. The number of aryl methyl sites for hydroxylation is 1. The van der Waals surface area contributed by atoms with Crippen molar-refractivity contribution in [2.24, 2.45) is 0 Å². The van der Waals surface area contributed by atoms with Gasteiger partial charge in [-0.3, -0.25) is 0 Å². The lowest BCUT2D eigenvalue weighted by Crippen LogP contribution is -2.07. The molecule has 0 fully saturated rings. The average Bonchev–Trinajstić information content (AvgIpc) is 2.79. The Morgan fingerprint density at radius 1 is 1.25 bits per heavy atom. The maximum atomic E-state index is 5.89. The van der Waals surface area contributed by atoms with Crippen molar-refractivity contribution >= 4 is 17.4 Å². The van der Waals surface area contributed by atoms with Gasteiger partial charge in [-0.1, -0.05) is 25.9 Å². The molecule has 0 saturated heterocycles. The maximum Gasteiger partial charge on any atom is 0.258 e. The van der Waals surface area contributed by atoms with E-state index in [0.717, 1.165) is 28.3 Å². The Morgan fingerprint density at radius 3 is 2.60 bits per heavy atom. The van der Waals surface area contributed by atoms with E-state index in [0.29, 0.717) is 11.6 Å². The molecular formula is C15H21N3OS. The van der Waals surface area contributed by atoms with E-state index in [1.807, 2.05) is 26.0 Å². The Bertz CT molecular complexity index is 614. The van der Waals surface area contributed by atoms with E-state index < -0.39 is 0 Å². The van der Waals surface area contributed by atoms with Gasteiger partial charge < -0.3 is 10.3 Å². The molecule has 0 unspecified atom stereocenters. The molecule has 2 aromatic rings. The summed E-state index contributed by atoms with van der Waals surface area (Å²) < 4.78 is 5.56. The minimum Gasteiger partial charge on any atom is -0.399 e. The minimum atomic E-state index is 0.185. The van der Waals surface area contributed by atoms with Crippen LogP contribution in [0.2, 0.25) is 0 Å². The van der Waals surface area contributed by atoms with Crippen molar-refractivity contribution in [3.8, 4) is 11.5 Å². The number of nitrogens with two attached hydrogens (primary N) is 1. The summed E-state index contributed by atoms with van der Waals surface area (Å²) in [7, 11) is 0. The highest BCUT2D eigenvalue weighted by Gasteiger charge is 2.16. The van der Waals surface area contributed by atoms with E-state index in [2.05, 4.69) is 30.9 Å². The number of aromatic nitrogens is 2. The Balaban J connectivity index is 2.25. The first kappa shape index (κ1) is 14.9. The summed E-state index contributed by atoms with van der Waals surface area (Å²) in [5, 5.41) is 4.05. The van der Waals surface area contributed by atoms with Crippen LogP contribution < -0.4 is 5.73 Å². The first-order valence-corrected chi connectivity index (χ1v) is 7.58. The molecule has 1 aromatic heterocycles. The number of nitrogen functional groups attached to an aromatic ring is 1. The molecule has 0 aliphatic rings. The molecule has 0 spiro atoms. The maximum absolute atomic E-state index is 5.89. The second kappa shape index (κ2) is 5.48. The van der Waals surface area contributed by atoms with E-state index in [1.54, 1.807) is 11.8 Å². The fourth-order valence-electron chi connectivity index (χ4n) is 1.81. The van der Waals surface area contributed by atoms with Gasteiger partial charge in [0.15, 0.2) is 5.82 Å². The second-order valence-corrected chi connectivity index (χ2v) is 7.73. The fourth-order valence-corrected chi connectivity index (χ4v) is 2.49. The summed E-state index contributed by atoms with van der Waals surface area (Å²) in [5.74, 6) is 2.01. The van der Waals surface area contributed by atoms with E-state index in [-0.39, 0.29) is 4.75 Å². The lowest BCUT2D eigenvalue weighted by Gasteiger charge is -2.15. The van der Waals surface area contributed by atoms with Gasteiger partial charge in [0.05, 0.1) is 5.75 Å². The minimum absolute atomic E-state index is 0.185. The third kappa shape index (κ3) is 3.54. The van der Waals surface area contributed by atoms with Gasteiger partial charge in [-0.25, -0.2) is 0 Å². The molecule has 1 aromatic carbocycles. The molecule has 0 atom stereocenters. The van der Waals surface area contributed by atoms with Crippen molar-refractivity contribution in [3.63, 3.8) is 0 Å². The summed E-state index contributed by atoms with van der Waals surface area (Å²) in [6.45, 7) is 10.6. The fraction of sp³-hybridized carbons (Fsp3) is 0.467. The van der Waals surface area contributed by atoms with Crippen LogP contribution in [0.5, 0.6) is 0 Å². The van der Waals surface area contributed by atoms with Crippen LogP contribution in [0.4, 0.5) is 5.69 Å². The third-order valence-corrected chi connectivity index (χ3v) is 4.29. The molecule has 0 aliphatic carbocycles. The molecular weight excluding hydrogens is 270 g/mol. The highest BCUT2D eigenvalue weighted by Crippen LogP contribution is 2.29. The standard InChI is InChI=1S/C15H21N3OS/c1-9-6-11(16)7-12(10(9)2)14-17-13(18-19-14)8-20-15(3,4)5/h6-7H,8,16H2,1-5H3. The van der Waals surface area contributed by atoms with Crippen LogP contribution in [-0.2, 0) is 5.75 Å². The lowest BCUT2D eigenvalue weighted by atomic mass is 10.0. The summed E-state index contributed by atoms with van der Waals surface area (Å²) >= 11 is 1.80. The predicted octanol–water partition coefficient (Wildman–Crippen LogP) is 3.97. The molecule has 5 heteroatoms. The zero-order chi connectivity index (χ0) is 14.9. The quantitative estimate of drug-likeness (QED) is 0.867. The largest absolute Gasteiger partial charge is 0.399 e. The van der Waals surface area contributed by atoms with Crippen LogP contribution in [0.15, 0.2) is 16.7 Å². The Labute approximate surface area is 124 Å². The molecule has 2 N–H and O–H groups in total. The summed E-state index contributed by atoms with van der Waals surface area (Å²) in [6.07, 6.45) is 0. The number of benzene rings is 1. The number of anilines is 1. The van der Waals surface area contributed by atoms with Crippen molar-refractivity contribution in [1.82, 2.24) is 10.1 Å². The van der Waals surface area contributed by atoms with Crippen LogP contribution in [-0.4, -0.2) is 14.9 Å². The zero-order valence-corrected chi connectivity index (χ0v) is 13.5. The van der Waals surface area contributed by atoms with Gasteiger partial charge >= 0.3 is 0 Å². The first-order chi connectivity index (χ1) is 9.26. The number of rotatable bonds is 3. The highest BCUT2D eigenvalue weighted by atomic mass is 32.2. The molecule has 0 radical (unpaired) electrons. The Hall–Kier alpha value is -1.49. The number of hydrogen-bond donors (Lipinski definition) is 1. The smallest absolute Gasteiger partial charge is 0.258 e. The molecule has 0 bridgehead atoms. The summed E-state index contributed by atoms with van der Waals surface area (Å²) in [4.78, 5) is 4.47. The van der Waals surface area contributed by atoms with Gasteiger partial charge in [0.2, 0.25) is 0 Å². The van der Waals surface area contributed by atoms with Crippen molar-refractivity contribution in [2.75, 3.05) is 5.73 Å². The molecule has 0 aliphatic heterocycles. The average molecular weight is 291 g/mol. The molecule has 1 heterocycles. The summed E-state index contributed by atoms with van der Waals surface area (Å²) in [5.41, 5.74) is 9.78. The molecule has 4 nitrogen and oxygen atoms in total. The lowest BCUT2D eigenvalue weighted by molar-refractivity contribution is 0.425. The van der Waals surface area contributed by atoms with Crippen LogP contribution in [0, 0.1) is 13.8 Å². The van der Waals surface area contributed by atoms with Crippen molar-refractivity contribution in [3.05, 3.63) is 29.1 Å². The van der Waals surface area contributed by atoms with E-state index in [1.165, 1.54) is 0 Å². The second-order valence-electron chi connectivity index (χ2n) is 5.93. The van der Waals surface area contributed by atoms with Crippen LogP contribution in [0.25, 0.3) is 11.5 Å². The van der Waals surface area contributed by atoms with Crippen LogP contribution in [0.1, 0.15) is 37.7 Å². The first-order valence-electron chi connectivity index (χ1n) is 6.60. The van der Waals surface area contributed by atoms with Crippen molar-refractivity contribution in [1.29, 1.82) is 0 Å². The number of hydrogen-bond acceptors (Lipinski definition) is 5. The van der Waals surface area contributed by atoms with E-state index in [4.69, 9.17) is 10.3 Å². The van der Waals surface area contributed by atoms with Crippen molar-refractivity contribution < 1.29 is 4.52 Å². The SMILES string of the molecule is Cc1cc(N)cc(-c2nc(CSC(C)(C)C)no2)c1C. The Kier molecular flexibility index (Phi) is 4.09. The highest BCUT2D eigenvalue weighted by molar-refractivity contribution is 7.99. The predicted molar refractivity (Wildman–Crippen MR) is 84.7 cm³/mol. The number of nitrogens with zero attached hydrogens (tertiary/aromatic N) is 2. The Morgan fingerprint density at radius 2 is 1.95 bits per heavy atom. The molecule has 2 rings (SSSR count). The van der Waals surface area contributed by atoms with Crippen LogP contribution in [0.3, 0.4) is 0 Å². The summed E-state index contributed by atoms with van der Waals surface area (Å²) in [6, 6.07) is 3.84. The third-order valence-electron chi connectivity index (χ3n) is 3.02. The van der Waals surface area contributed by atoms with Crippen LogP contribution >= 0.6 is 11.8 Å². The van der Waals surface area contributed by atoms with Gasteiger partial charge in [-0.05, 0) is 37.1 Å². The van der Waals surface area contributed by atoms with Gasteiger partial charge in [-0.2, -0.15) is 4.98 Å². The van der Waals surface area contributed by atoms with Gasteiger partial charge in [-0.15, -0.1) is 11.8 Å². The zero-order valence-electron chi connectivity index (χ0n) is 12.7. The van der Waals surface area contributed by atoms with Gasteiger partial charge in [0.1, 0.15) is 0 Å².